The van der Waals surface area contributed by atoms with Crippen LogP contribution in [0.5, 0.6) is 0 Å². The highest BCUT2D eigenvalue weighted by molar-refractivity contribution is 5.44. The summed E-state index contributed by atoms with van der Waals surface area (Å²) in [5.41, 5.74) is 1.61. The molecule has 1 aliphatic rings. The Balaban J connectivity index is 2.65. The van der Waals surface area contributed by atoms with Crippen LogP contribution >= 0.6 is 0 Å². The lowest BCUT2D eigenvalue weighted by atomic mass is 9.82. The van der Waals surface area contributed by atoms with Gasteiger partial charge in [-0.15, -0.1) is 0 Å². The molecule has 0 aromatic heterocycles. The zero-order chi connectivity index (χ0) is 12.5. The summed E-state index contributed by atoms with van der Waals surface area (Å²) < 4.78 is 16.6. The van der Waals surface area contributed by atoms with Crippen molar-refractivity contribution in [2.75, 3.05) is 21.3 Å². The standard InChI is InChI=1S/C14H18O3/c1-13(15-2)9-10-14(16-3,17-4)12-8-6-5-7-11(12)13/h5-10H,1-4H3. The van der Waals surface area contributed by atoms with Crippen LogP contribution in [0.2, 0.25) is 0 Å². The minimum atomic E-state index is -0.811. The molecule has 0 bridgehead atoms. The monoisotopic (exact) mass is 234 g/mol. The number of fused-ring (bicyclic) bond motifs is 1. The predicted octanol–water partition coefficient (Wildman–Crippen LogP) is 2.56. The summed E-state index contributed by atoms with van der Waals surface area (Å²) in [6.45, 7) is 2.03. The molecule has 0 amide bonds. The van der Waals surface area contributed by atoms with Gasteiger partial charge in [-0.1, -0.05) is 24.3 Å². The molecule has 3 heteroatoms. The minimum Gasteiger partial charge on any atom is -0.370 e. The number of hydrogen-bond donors (Lipinski definition) is 0. The Bertz CT molecular complexity index is 435. The molecule has 1 aliphatic carbocycles. The van der Waals surface area contributed by atoms with Crippen molar-refractivity contribution in [2.24, 2.45) is 0 Å². The van der Waals surface area contributed by atoms with Gasteiger partial charge in [0.25, 0.3) is 0 Å². The molecule has 1 aromatic carbocycles. The van der Waals surface area contributed by atoms with Gasteiger partial charge in [0, 0.05) is 26.9 Å². The minimum absolute atomic E-state index is 0.433. The van der Waals surface area contributed by atoms with E-state index in [4.69, 9.17) is 14.2 Å². The van der Waals surface area contributed by atoms with Crippen LogP contribution in [0.1, 0.15) is 18.1 Å². The molecule has 0 saturated carbocycles. The quantitative estimate of drug-likeness (QED) is 0.594. The second kappa shape index (κ2) is 4.26. The topological polar surface area (TPSA) is 27.7 Å². The van der Waals surface area contributed by atoms with Crippen molar-refractivity contribution in [2.45, 2.75) is 18.3 Å². The third-order valence-corrected chi connectivity index (χ3v) is 3.49. The van der Waals surface area contributed by atoms with Crippen molar-refractivity contribution in [3.8, 4) is 0 Å². The second-order valence-electron chi connectivity index (χ2n) is 4.27. The van der Waals surface area contributed by atoms with Gasteiger partial charge in [-0.05, 0) is 24.6 Å². The van der Waals surface area contributed by atoms with Crippen LogP contribution in [0.3, 0.4) is 0 Å². The summed E-state index contributed by atoms with van der Waals surface area (Å²) >= 11 is 0. The van der Waals surface area contributed by atoms with Crippen molar-refractivity contribution >= 4 is 0 Å². The van der Waals surface area contributed by atoms with Gasteiger partial charge in [-0.25, -0.2) is 0 Å². The lowest BCUT2D eigenvalue weighted by molar-refractivity contribution is -0.183. The number of ether oxygens (including phenoxy) is 3. The maximum atomic E-state index is 5.59. The summed E-state index contributed by atoms with van der Waals surface area (Å²) in [5.74, 6) is -0.811. The molecular formula is C14H18O3. The molecule has 1 atom stereocenters. The normalized spacial score (nSPS) is 25.6. The van der Waals surface area contributed by atoms with Gasteiger partial charge >= 0.3 is 0 Å². The fraction of sp³-hybridized carbons (Fsp3) is 0.429. The molecule has 0 aliphatic heterocycles. The van der Waals surface area contributed by atoms with Gasteiger partial charge in [-0.2, -0.15) is 0 Å². The lowest BCUT2D eigenvalue weighted by Crippen LogP contribution is -2.38. The second-order valence-corrected chi connectivity index (χ2v) is 4.27. The zero-order valence-electron chi connectivity index (χ0n) is 10.7. The fourth-order valence-corrected chi connectivity index (χ4v) is 2.29. The molecule has 92 valence electrons. The van der Waals surface area contributed by atoms with E-state index in [1.165, 1.54) is 0 Å². The van der Waals surface area contributed by atoms with Crippen molar-refractivity contribution in [3.63, 3.8) is 0 Å². The van der Waals surface area contributed by atoms with Crippen molar-refractivity contribution in [1.29, 1.82) is 0 Å². The summed E-state index contributed by atoms with van der Waals surface area (Å²) in [6, 6.07) is 8.00. The van der Waals surface area contributed by atoms with E-state index >= 15 is 0 Å². The highest BCUT2D eigenvalue weighted by Gasteiger charge is 2.41. The van der Waals surface area contributed by atoms with Crippen LogP contribution in [0.15, 0.2) is 36.4 Å². The maximum Gasteiger partial charge on any atom is 0.215 e. The van der Waals surface area contributed by atoms with Gasteiger partial charge in [0.15, 0.2) is 0 Å². The van der Waals surface area contributed by atoms with E-state index in [1.54, 1.807) is 21.3 Å². The van der Waals surface area contributed by atoms with Gasteiger partial charge in [0.1, 0.15) is 5.60 Å². The van der Waals surface area contributed by atoms with Crippen molar-refractivity contribution in [3.05, 3.63) is 47.5 Å². The molecule has 0 fully saturated rings. The van der Waals surface area contributed by atoms with E-state index in [0.717, 1.165) is 11.1 Å². The van der Waals surface area contributed by atoms with E-state index in [-0.39, 0.29) is 0 Å². The summed E-state index contributed by atoms with van der Waals surface area (Å²) in [5, 5.41) is 0. The van der Waals surface area contributed by atoms with E-state index in [2.05, 4.69) is 0 Å². The SMILES string of the molecule is COC1(C)C=CC(OC)(OC)c2ccccc21. The number of rotatable bonds is 3. The Labute approximate surface area is 102 Å². The molecule has 2 rings (SSSR count). The molecule has 0 N–H and O–H groups in total. The van der Waals surface area contributed by atoms with Crippen molar-refractivity contribution < 1.29 is 14.2 Å². The van der Waals surface area contributed by atoms with Crippen molar-refractivity contribution in [1.82, 2.24) is 0 Å². The Morgan fingerprint density at radius 2 is 1.41 bits per heavy atom. The van der Waals surface area contributed by atoms with Gasteiger partial charge in [0.05, 0.1) is 0 Å². The molecule has 0 radical (unpaired) electrons. The van der Waals surface area contributed by atoms with E-state index < -0.39 is 11.4 Å². The van der Waals surface area contributed by atoms with Crippen LogP contribution < -0.4 is 0 Å². The van der Waals surface area contributed by atoms with E-state index in [9.17, 15) is 0 Å². The average Bonchev–Trinajstić information content (AvgIpc) is 2.40. The first kappa shape index (κ1) is 12.3. The van der Waals surface area contributed by atoms with Crippen LogP contribution in [0, 0.1) is 0 Å². The molecular weight excluding hydrogens is 216 g/mol. The van der Waals surface area contributed by atoms with E-state index in [1.807, 2.05) is 43.3 Å². The van der Waals surface area contributed by atoms with E-state index in [0.29, 0.717) is 0 Å². The van der Waals surface area contributed by atoms with Gasteiger partial charge < -0.3 is 14.2 Å². The fourth-order valence-electron chi connectivity index (χ4n) is 2.29. The third-order valence-electron chi connectivity index (χ3n) is 3.49. The predicted molar refractivity (Wildman–Crippen MR) is 65.6 cm³/mol. The molecule has 17 heavy (non-hydrogen) atoms. The number of methoxy groups -OCH3 is 3. The summed E-state index contributed by atoms with van der Waals surface area (Å²) in [4.78, 5) is 0. The Morgan fingerprint density at radius 3 is 1.94 bits per heavy atom. The average molecular weight is 234 g/mol. The summed E-state index contributed by atoms with van der Waals surface area (Å²) in [7, 11) is 4.98. The Hall–Kier alpha value is -1.16. The first-order valence-corrected chi connectivity index (χ1v) is 5.58. The Kier molecular flexibility index (Phi) is 3.08. The van der Waals surface area contributed by atoms with Gasteiger partial charge in [0.2, 0.25) is 5.79 Å². The van der Waals surface area contributed by atoms with Gasteiger partial charge in [-0.3, -0.25) is 0 Å². The maximum absolute atomic E-state index is 5.59. The zero-order valence-corrected chi connectivity index (χ0v) is 10.7. The Morgan fingerprint density at radius 1 is 0.824 bits per heavy atom. The number of hydrogen-bond acceptors (Lipinski definition) is 3. The molecule has 1 aromatic rings. The molecule has 1 unspecified atom stereocenters. The van der Waals surface area contributed by atoms with Crippen LogP contribution in [0.4, 0.5) is 0 Å². The smallest absolute Gasteiger partial charge is 0.215 e. The van der Waals surface area contributed by atoms with Crippen LogP contribution in [0.25, 0.3) is 0 Å². The largest absolute Gasteiger partial charge is 0.370 e. The lowest BCUT2D eigenvalue weighted by Gasteiger charge is -2.39. The highest BCUT2D eigenvalue weighted by Crippen LogP contribution is 2.42. The molecule has 0 heterocycles. The molecule has 0 spiro atoms. The summed E-state index contributed by atoms with van der Waals surface area (Å²) in [6.07, 6.45) is 3.88. The first-order chi connectivity index (χ1) is 8.12. The van der Waals surface area contributed by atoms with Crippen LogP contribution in [-0.2, 0) is 25.6 Å². The molecule has 0 saturated heterocycles. The molecule has 3 nitrogen and oxygen atoms in total. The highest BCUT2D eigenvalue weighted by atomic mass is 16.7. The number of benzene rings is 1. The third kappa shape index (κ3) is 1.71. The first-order valence-electron chi connectivity index (χ1n) is 5.58. The van der Waals surface area contributed by atoms with Crippen LogP contribution in [-0.4, -0.2) is 21.3 Å².